The molecule has 3 aliphatic heterocycles. The lowest BCUT2D eigenvalue weighted by Gasteiger charge is -2.48. The van der Waals surface area contributed by atoms with E-state index >= 15 is 0 Å². The minimum Gasteiger partial charge on any atom is -0.390 e. The number of hydrogen-bond donors (Lipinski definition) is 2. The van der Waals surface area contributed by atoms with Crippen molar-refractivity contribution >= 4 is 11.6 Å². The molecule has 0 saturated carbocycles. The van der Waals surface area contributed by atoms with Crippen LogP contribution in [0.4, 0.5) is 0 Å². The molecule has 1 atom stereocenters. The molecule has 1 amide bonds. The molecule has 7 nitrogen and oxygen atoms in total. The van der Waals surface area contributed by atoms with Gasteiger partial charge in [-0.3, -0.25) is 4.79 Å². The van der Waals surface area contributed by atoms with Gasteiger partial charge in [0.2, 0.25) is 0 Å². The van der Waals surface area contributed by atoms with Gasteiger partial charge in [-0.2, -0.15) is 0 Å². The van der Waals surface area contributed by atoms with Gasteiger partial charge in [-0.15, -0.1) is 0 Å². The first kappa shape index (κ1) is 11.9. The summed E-state index contributed by atoms with van der Waals surface area (Å²) in [6.45, 7) is 3.84. The van der Waals surface area contributed by atoms with Crippen molar-refractivity contribution in [2.24, 2.45) is 10.9 Å². The van der Waals surface area contributed by atoms with Crippen molar-refractivity contribution in [1.82, 2.24) is 10.2 Å². The quantitative estimate of drug-likeness (QED) is 0.612. The van der Waals surface area contributed by atoms with Crippen molar-refractivity contribution in [2.45, 2.75) is 18.1 Å². The fourth-order valence-corrected chi connectivity index (χ4v) is 2.50. The molecule has 7 heteroatoms. The Labute approximate surface area is 105 Å². The van der Waals surface area contributed by atoms with E-state index in [2.05, 4.69) is 10.5 Å². The number of carbonyl (C=O) groups is 1. The minimum atomic E-state index is -0.179. The normalized spacial score (nSPS) is 29.7. The summed E-state index contributed by atoms with van der Waals surface area (Å²) in [5.41, 5.74) is 5.80. The fraction of sp³-hybridized carbons (Fsp3) is 0.818. The number of morpholine rings is 1. The summed E-state index contributed by atoms with van der Waals surface area (Å²) >= 11 is 0. The van der Waals surface area contributed by atoms with E-state index in [-0.39, 0.29) is 17.6 Å². The maximum absolute atomic E-state index is 12.3. The van der Waals surface area contributed by atoms with Crippen LogP contribution in [0.25, 0.3) is 0 Å². The second-order valence-corrected chi connectivity index (χ2v) is 5.07. The Kier molecular flexibility index (Phi) is 2.96. The van der Waals surface area contributed by atoms with Gasteiger partial charge in [0.25, 0.3) is 5.91 Å². The highest BCUT2D eigenvalue weighted by atomic mass is 16.6. The molecule has 3 rings (SSSR count). The molecule has 0 aromatic carbocycles. The zero-order valence-electron chi connectivity index (χ0n) is 10.2. The number of nitrogens with two attached hydrogens (primary N) is 1. The SMILES string of the molecule is NCC1CC(C(=O)N2CCOC3(CNC3)C2)=NO1. The maximum atomic E-state index is 12.3. The van der Waals surface area contributed by atoms with Gasteiger partial charge >= 0.3 is 0 Å². The van der Waals surface area contributed by atoms with Crippen molar-refractivity contribution in [3.05, 3.63) is 0 Å². The number of rotatable bonds is 2. The topological polar surface area (TPSA) is 89.2 Å². The molecule has 0 bridgehead atoms. The average Bonchev–Trinajstić information content (AvgIpc) is 2.85. The molecule has 18 heavy (non-hydrogen) atoms. The van der Waals surface area contributed by atoms with E-state index in [4.69, 9.17) is 15.3 Å². The van der Waals surface area contributed by atoms with Gasteiger partial charge in [-0.1, -0.05) is 5.16 Å². The van der Waals surface area contributed by atoms with Crippen molar-refractivity contribution in [3.63, 3.8) is 0 Å². The fourth-order valence-electron chi connectivity index (χ4n) is 2.50. The number of hydrogen-bond acceptors (Lipinski definition) is 6. The molecule has 100 valence electrons. The Morgan fingerprint density at radius 1 is 1.61 bits per heavy atom. The Morgan fingerprint density at radius 2 is 2.44 bits per heavy atom. The number of amides is 1. The van der Waals surface area contributed by atoms with E-state index in [0.717, 1.165) is 13.1 Å². The molecule has 1 unspecified atom stereocenters. The molecule has 0 radical (unpaired) electrons. The summed E-state index contributed by atoms with van der Waals surface area (Å²) in [5.74, 6) is -0.0412. The highest BCUT2D eigenvalue weighted by Gasteiger charge is 2.44. The highest BCUT2D eigenvalue weighted by Crippen LogP contribution is 2.23. The molecule has 0 aliphatic carbocycles. The van der Waals surface area contributed by atoms with Crippen LogP contribution < -0.4 is 11.1 Å². The summed E-state index contributed by atoms with van der Waals surface area (Å²) in [6.07, 6.45) is 0.363. The monoisotopic (exact) mass is 254 g/mol. The lowest BCUT2D eigenvalue weighted by Crippen LogP contribution is -2.69. The lowest BCUT2D eigenvalue weighted by atomic mass is 9.94. The van der Waals surface area contributed by atoms with Crippen molar-refractivity contribution < 1.29 is 14.4 Å². The number of nitrogens with zero attached hydrogens (tertiary/aromatic N) is 2. The largest absolute Gasteiger partial charge is 0.390 e. The van der Waals surface area contributed by atoms with Gasteiger partial charge in [0, 0.05) is 32.6 Å². The summed E-state index contributed by atoms with van der Waals surface area (Å²) < 4.78 is 5.74. The van der Waals surface area contributed by atoms with Gasteiger partial charge < -0.3 is 25.5 Å². The molecular formula is C11H18N4O3. The highest BCUT2D eigenvalue weighted by molar-refractivity contribution is 6.39. The van der Waals surface area contributed by atoms with E-state index in [1.807, 2.05) is 4.90 Å². The molecule has 0 aromatic rings. The van der Waals surface area contributed by atoms with Crippen LogP contribution >= 0.6 is 0 Å². The lowest BCUT2D eigenvalue weighted by molar-refractivity contribution is -0.154. The van der Waals surface area contributed by atoms with E-state index in [9.17, 15) is 4.79 Å². The van der Waals surface area contributed by atoms with Gasteiger partial charge in [0.1, 0.15) is 17.4 Å². The van der Waals surface area contributed by atoms with Crippen LogP contribution in [0, 0.1) is 0 Å². The predicted molar refractivity (Wildman–Crippen MR) is 64.1 cm³/mol. The third kappa shape index (κ3) is 1.98. The van der Waals surface area contributed by atoms with Crippen molar-refractivity contribution in [3.8, 4) is 0 Å². The van der Waals surface area contributed by atoms with Crippen LogP contribution in [0.15, 0.2) is 5.16 Å². The molecule has 0 aromatic heterocycles. The van der Waals surface area contributed by atoms with Crippen LogP contribution in [-0.4, -0.2) is 67.6 Å². The van der Waals surface area contributed by atoms with Gasteiger partial charge in [0.05, 0.1) is 13.2 Å². The third-order valence-corrected chi connectivity index (χ3v) is 3.67. The van der Waals surface area contributed by atoms with E-state index in [1.165, 1.54) is 0 Å². The minimum absolute atomic E-state index is 0.0412. The Bertz CT molecular complexity index is 380. The van der Waals surface area contributed by atoms with Gasteiger partial charge in [0.15, 0.2) is 0 Å². The summed E-state index contributed by atoms with van der Waals surface area (Å²) in [7, 11) is 0. The summed E-state index contributed by atoms with van der Waals surface area (Å²) in [6, 6.07) is 0. The smallest absolute Gasteiger partial charge is 0.271 e. The van der Waals surface area contributed by atoms with Gasteiger partial charge in [-0.25, -0.2) is 0 Å². The Balaban J connectivity index is 1.62. The molecule has 2 fully saturated rings. The second-order valence-electron chi connectivity index (χ2n) is 5.07. The molecular weight excluding hydrogens is 236 g/mol. The standard InChI is InChI=1S/C11H18N4O3/c12-4-8-3-9(14-18-8)10(16)15-1-2-17-11(7-15)5-13-6-11/h8,13H,1-7,12H2. The third-order valence-electron chi connectivity index (χ3n) is 3.67. The van der Waals surface area contributed by atoms with Crippen molar-refractivity contribution in [2.75, 3.05) is 39.3 Å². The average molecular weight is 254 g/mol. The summed E-state index contributed by atoms with van der Waals surface area (Å²) in [4.78, 5) is 19.2. The predicted octanol–water partition coefficient (Wildman–Crippen LogP) is -1.71. The van der Waals surface area contributed by atoms with E-state index in [1.54, 1.807) is 0 Å². The first-order valence-electron chi connectivity index (χ1n) is 6.29. The molecule has 3 N–H and O–H groups in total. The maximum Gasteiger partial charge on any atom is 0.271 e. The summed E-state index contributed by atoms with van der Waals surface area (Å²) in [5, 5.41) is 7.03. The van der Waals surface area contributed by atoms with Crippen molar-refractivity contribution in [1.29, 1.82) is 0 Å². The first-order chi connectivity index (χ1) is 8.72. The van der Waals surface area contributed by atoms with E-state index in [0.29, 0.717) is 38.4 Å². The van der Waals surface area contributed by atoms with Crippen LogP contribution in [-0.2, 0) is 14.4 Å². The number of oxime groups is 1. The van der Waals surface area contributed by atoms with Crippen LogP contribution in [0.5, 0.6) is 0 Å². The number of nitrogens with one attached hydrogen (secondary N) is 1. The van der Waals surface area contributed by atoms with Crippen LogP contribution in [0.2, 0.25) is 0 Å². The zero-order valence-corrected chi connectivity index (χ0v) is 10.2. The van der Waals surface area contributed by atoms with Gasteiger partial charge in [-0.05, 0) is 0 Å². The zero-order chi connectivity index (χ0) is 12.6. The Hall–Kier alpha value is -1.18. The Morgan fingerprint density at radius 3 is 3.06 bits per heavy atom. The first-order valence-corrected chi connectivity index (χ1v) is 6.29. The molecule has 3 aliphatic rings. The molecule has 2 saturated heterocycles. The molecule has 3 heterocycles. The van der Waals surface area contributed by atoms with E-state index < -0.39 is 0 Å². The molecule has 1 spiro atoms. The van der Waals surface area contributed by atoms with Crippen LogP contribution in [0.1, 0.15) is 6.42 Å². The second kappa shape index (κ2) is 4.49. The van der Waals surface area contributed by atoms with Crippen LogP contribution in [0.3, 0.4) is 0 Å². The number of ether oxygens (including phenoxy) is 1. The number of carbonyl (C=O) groups excluding carboxylic acids is 1.